The van der Waals surface area contributed by atoms with E-state index in [0.717, 1.165) is 11.1 Å². The number of aliphatic hydroxyl groups is 1. The highest BCUT2D eigenvalue weighted by molar-refractivity contribution is 5.79. The second-order valence-electron chi connectivity index (χ2n) is 7.94. The van der Waals surface area contributed by atoms with E-state index in [4.69, 9.17) is 9.47 Å². The number of fused-ring (bicyclic) bond motifs is 3. The molecule has 1 unspecified atom stereocenters. The molecule has 0 aromatic heterocycles. The van der Waals surface area contributed by atoms with Gasteiger partial charge < -0.3 is 19.9 Å². The van der Waals surface area contributed by atoms with Crippen LogP contribution in [0, 0.1) is 0 Å². The van der Waals surface area contributed by atoms with Crippen LogP contribution in [0.4, 0.5) is 4.79 Å². The van der Waals surface area contributed by atoms with Crippen LogP contribution in [0.5, 0.6) is 0 Å². The van der Waals surface area contributed by atoms with E-state index in [1.165, 1.54) is 11.1 Å². The molecule has 0 radical (unpaired) electrons. The Morgan fingerprint density at radius 1 is 1.11 bits per heavy atom. The molecule has 5 nitrogen and oxygen atoms in total. The maximum absolute atomic E-state index is 12.3. The van der Waals surface area contributed by atoms with Crippen molar-refractivity contribution in [1.82, 2.24) is 5.32 Å². The van der Waals surface area contributed by atoms with Crippen molar-refractivity contribution in [3.63, 3.8) is 0 Å². The minimum Gasteiger partial charge on any atom is -0.511 e. The zero-order valence-electron chi connectivity index (χ0n) is 16.6. The predicted octanol–water partition coefficient (Wildman–Crippen LogP) is 4.78. The van der Waals surface area contributed by atoms with Crippen molar-refractivity contribution < 1.29 is 19.4 Å². The molecule has 28 heavy (non-hydrogen) atoms. The van der Waals surface area contributed by atoms with E-state index >= 15 is 0 Å². The number of alkyl carbamates (subject to hydrolysis) is 1. The third-order valence-corrected chi connectivity index (χ3v) is 4.72. The van der Waals surface area contributed by atoms with E-state index < -0.39 is 17.7 Å². The summed E-state index contributed by atoms with van der Waals surface area (Å²) >= 11 is 0. The van der Waals surface area contributed by atoms with Gasteiger partial charge in [0.25, 0.3) is 0 Å². The van der Waals surface area contributed by atoms with Crippen LogP contribution in [-0.2, 0) is 9.47 Å². The molecule has 148 valence electrons. The molecule has 3 rings (SSSR count). The lowest BCUT2D eigenvalue weighted by Gasteiger charge is -2.24. The lowest BCUT2D eigenvalue weighted by molar-refractivity contribution is -0.0143. The molecule has 0 saturated heterocycles. The van der Waals surface area contributed by atoms with Crippen LogP contribution in [-0.4, -0.2) is 36.1 Å². The van der Waals surface area contributed by atoms with Crippen molar-refractivity contribution in [2.24, 2.45) is 0 Å². The standard InChI is InChI=1S/C23H27NO4/c1-15(25)21(14-28-23(2,3)4)24-22(26)27-13-20-18-11-7-5-9-16(18)17-10-6-8-12-19(17)20/h5-12,20-21,25H,1,13-14H2,2-4H3,(H,24,26). The minimum absolute atomic E-state index is 0.0141. The van der Waals surface area contributed by atoms with Crippen LogP contribution >= 0.6 is 0 Å². The number of rotatable bonds is 6. The Balaban J connectivity index is 1.65. The highest BCUT2D eigenvalue weighted by atomic mass is 16.5. The van der Waals surface area contributed by atoms with Gasteiger partial charge in [-0.05, 0) is 43.0 Å². The quantitative estimate of drug-likeness (QED) is 0.707. The van der Waals surface area contributed by atoms with Crippen LogP contribution < -0.4 is 5.32 Å². The van der Waals surface area contributed by atoms with Crippen molar-refractivity contribution in [3.8, 4) is 11.1 Å². The summed E-state index contributed by atoms with van der Waals surface area (Å²) in [5.74, 6) is -0.183. The van der Waals surface area contributed by atoms with Gasteiger partial charge in [0, 0.05) is 5.92 Å². The van der Waals surface area contributed by atoms with E-state index in [2.05, 4.69) is 36.2 Å². The Hall–Kier alpha value is -2.79. The summed E-state index contributed by atoms with van der Waals surface area (Å²) in [6.07, 6.45) is -0.612. The smallest absolute Gasteiger partial charge is 0.407 e. The first kappa shape index (κ1) is 20.0. The molecule has 5 heteroatoms. The molecule has 0 heterocycles. The van der Waals surface area contributed by atoms with Crippen molar-refractivity contribution >= 4 is 6.09 Å². The van der Waals surface area contributed by atoms with Gasteiger partial charge in [-0.25, -0.2) is 4.79 Å². The van der Waals surface area contributed by atoms with E-state index in [-0.39, 0.29) is 24.9 Å². The zero-order valence-corrected chi connectivity index (χ0v) is 16.6. The molecule has 2 aromatic carbocycles. The van der Waals surface area contributed by atoms with Crippen LogP contribution in [0.3, 0.4) is 0 Å². The first-order valence-electron chi connectivity index (χ1n) is 9.39. The molecule has 0 bridgehead atoms. The molecule has 1 aliphatic carbocycles. The van der Waals surface area contributed by atoms with Gasteiger partial charge in [0.2, 0.25) is 0 Å². The van der Waals surface area contributed by atoms with Crippen LogP contribution in [0.1, 0.15) is 37.8 Å². The normalized spacial score (nSPS) is 14.1. The van der Waals surface area contributed by atoms with Gasteiger partial charge in [-0.3, -0.25) is 0 Å². The minimum atomic E-state index is -0.727. The summed E-state index contributed by atoms with van der Waals surface area (Å²) in [7, 11) is 0. The first-order chi connectivity index (χ1) is 13.3. The Kier molecular flexibility index (Phi) is 5.75. The molecular weight excluding hydrogens is 354 g/mol. The van der Waals surface area contributed by atoms with Crippen molar-refractivity contribution in [1.29, 1.82) is 0 Å². The van der Waals surface area contributed by atoms with Gasteiger partial charge in [0.1, 0.15) is 18.4 Å². The SMILES string of the molecule is C=C(O)C(COC(C)(C)C)NC(=O)OCC1c2ccccc2-c2ccccc21. The molecule has 1 atom stereocenters. The Labute approximate surface area is 166 Å². The topological polar surface area (TPSA) is 67.8 Å². The second kappa shape index (κ2) is 8.07. The lowest BCUT2D eigenvalue weighted by Crippen LogP contribution is -2.42. The Bertz CT molecular complexity index is 823. The van der Waals surface area contributed by atoms with Crippen LogP contribution in [0.25, 0.3) is 11.1 Å². The van der Waals surface area contributed by atoms with E-state index in [9.17, 15) is 9.90 Å². The largest absolute Gasteiger partial charge is 0.511 e. The number of hydrogen-bond acceptors (Lipinski definition) is 4. The summed E-state index contributed by atoms with van der Waals surface area (Å²) < 4.78 is 11.1. The number of aliphatic hydroxyl groups excluding tert-OH is 1. The summed E-state index contributed by atoms with van der Waals surface area (Å²) in [4.78, 5) is 12.3. The lowest BCUT2D eigenvalue weighted by atomic mass is 9.98. The zero-order chi connectivity index (χ0) is 20.3. The number of ether oxygens (including phenoxy) is 2. The number of amides is 1. The Morgan fingerprint density at radius 2 is 1.64 bits per heavy atom. The first-order valence-corrected chi connectivity index (χ1v) is 9.39. The molecular formula is C23H27NO4. The van der Waals surface area contributed by atoms with Gasteiger partial charge in [-0.2, -0.15) is 0 Å². The number of benzene rings is 2. The third-order valence-electron chi connectivity index (χ3n) is 4.72. The molecule has 2 N–H and O–H groups in total. The fourth-order valence-electron chi connectivity index (χ4n) is 3.34. The number of carbonyl (C=O) groups excluding carboxylic acids is 1. The maximum atomic E-state index is 12.3. The van der Waals surface area contributed by atoms with E-state index in [0.29, 0.717) is 0 Å². The van der Waals surface area contributed by atoms with Gasteiger partial charge in [0.15, 0.2) is 0 Å². The number of nitrogens with one attached hydrogen (secondary N) is 1. The average Bonchev–Trinajstić information content (AvgIpc) is 2.96. The fraction of sp³-hybridized carbons (Fsp3) is 0.348. The summed E-state index contributed by atoms with van der Waals surface area (Å²) in [5.41, 5.74) is 4.25. The molecule has 1 amide bonds. The summed E-state index contributed by atoms with van der Waals surface area (Å²) in [6, 6.07) is 15.6. The molecule has 2 aromatic rings. The van der Waals surface area contributed by atoms with E-state index in [1.54, 1.807) is 0 Å². The summed E-state index contributed by atoms with van der Waals surface area (Å²) in [6.45, 7) is 9.54. The van der Waals surface area contributed by atoms with Crippen LogP contribution in [0.2, 0.25) is 0 Å². The Morgan fingerprint density at radius 3 is 2.14 bits per heavy atom. The number of hydrogen-bond donors (Lipinski definition) is 2. The highest BCUT2D eigenvalue weighted by Crippen LogP contribution is 2.44. The number of carbonyl (C=O) groups is 1. The van der Waals surface area contributed by atoms with Gasteiger partial charge >= 0.3 is 6.09 Å². The van der Waals surface area contributed by atoms with Gasteiger partial charge in [0.05, 0.1) is 12.2 Å². The highest BCUT2D eigenvalue weighted by Gasteiger charge is 2.29. The monoisotopic (exact) mass is 381 g/mol. The molecule has 0 spiro atoms. The molecule has 0 fully saturated rings. The summed E-state index contributed by atoms with van der Waals surface area (Å²) in [5, 5.41) is 12.4. The fourth-order valence-corrected chi connectivity index (χ4v) is 3.34. The molecule has 0 saturated carbocycles. The van der Waals surface area contributed by atoms with Crippen molar-refractivity contribution in [2.45, 2.75) is 38.3 Å². The van der Waals surface area contributed by atoms with Gasteiger partial charge in [-0.15, -0.1) is 0 Å². The van der Waals surface area contributed by atoms with Gasteiger partial charge in [-0.1, -0.05) is 55.1 Å². The van der Waals surface area contributed by atoms with E-state index in [1.807, 2.05) is 45.0 Å². The average molecular weight is 381 g/mol. The molecule has 0 aliphatic heterocycles. The molecule has 1 aliphatic rings. The predicted molar refractivity (Wildman–Crippen MR) is 109 cm³/mol. The van der Waals surface area contributed by atoms with Crippen LogP contribution in [0.15, 0.2) is 60.9 Å². The van der Waals surface area contributed by atoms with Crippen molar-refractivity contribution in [3.05, 3.63) is 72.0 Å². The van der Waals surface area contributed by atoms with Crippen molar-refractivity contribution in [2.75, 3.05) is 13.2 Å². The second-order valence-corrected chi connectivity index (χ2v) is 7.94. The third kappa shape index (κ3) is 4.54. The maximum Gasteiger partial charge on any atom is 0.407 e.